The van der Waals surface area contributed by atoms with E-state index in [9.17, 15) is 9.59 Å². The molecule has 3 rings (SSSR count). The summed E-state index contributed by atoms with van der Waals surface area (Å²) in [6.07, 6.45) is 6.45. The van der Waals surface area contributed by atoms with Gasteiger partial charge < -0.3 is 14.6 Å². The lowest BCUT2D eigenvalue weighted by Gasteiger charge is -2.17. The molecule has 1 N–H and O–H groups in total. The van der Waals surface area contributed by atoms with Gasteiger partial charge in [0.05, 0.1) is 18.7 Å². The normalized spacial score (nSPS) is 23.5. The predicted molar refractivity (Wildman–Crippen MR) is 72.6 cm³/mol. The number of carbonyl (C=O) groups excluding carboxylic acids is 2. The van der Waals surface area contributed by atoms with Crippen LogP contribution in [0.3, 0.4) is 0 Å². The van der Waals surface area contributed by atoms with Gasteiger partial charge in [0, 0.05) is 19.0 Å². The molecule has 0 bridgehead atoms. The molecule has 0 aromatic carbocycles. The number of likely N-dealkylation sites (tertiary alicyclic amines) is 1. The van der Waals surface area contributed by atoms with Gasteiger partial charge >= 0.3 is 0 Å². The minimum Gasteiger partial charge on any atom is -0.467 e. The van der Waals surface area contributed by atoms with Gasteiger partial charge in [0.2, 0.25) is 11.8 Å². The molecule has 0 unspecified atom stereocenters. The van der Waals surface area contributed by atoms with E-state index in [0.29, 0.717) is 25.6 Å². The minimum atomic E-state index is -0.210. The lowest BCUT2D eigenvalue weighted by atomic mass is 10.1. The van der Waals surface area contributed by atoms with Gasteiger partial charge in [-0.05, 0) is 25.0 Å². The summed E-state index contributed by atoms with van der Waals surface area (Å²) in [5.74, 6) is 0.619. The Morgan fingerprint density at radius 3 is 2.90 bits per heavy atom. The van der Waals surface area contributed by atoms with E-state index in [1.807, 2.05) is 6.07 Å². The van der Waals surface area contributed by atoms with Gasteiger partial charge in [-0.2, -0.15) is 0 Å². The zero-order chi connectivity index (χ0) is 13.9. The number of rotatable bonds is 4. The lowest BCUT2D eigenvalue weighted by molar-refractivity contribution is -0.129. The van der Waals surface area contributed by atoms with Crippen LogP contribution >= 0.6 is 0 Å². The molecule has 5 nitrogen and oxygen atoms in total. The van der Waals surface area contributed by atoms with Crippen LogP contribution in [0.15, 0.2) is 22.8 Å². The zero-order valence-electron chi connectivity index (χ0n) is 11.5. The highest BCUT2D eigenvalue weighted by Crippen LogP contribution is 2.23. The van der Waals surface area contributed by atoms with Crippen molar-refractivity contribution in [1.29, 1.82) is 0 Å². The molecule has 108 valence electrons. The Bertz CT molecular complexity index is 477. The second-order valence-corrected chi connectivity index (χ2v) is 5.74. The largest absolute Gasteiger partial charge is 0.467 e. The molecule has 5 heteroatoms. The zero-order valence-corrected chi connectivity index (χ0v) is 11.5. The van der Waals surface area contributed by atoms with E-state index in [1.165, 1.54) is 12.8 Å². The summed E-state index contributed by atoms with van der Waals surface area (Å²) in [7, 11) is 0. The maximum Gasteiger partial charge on any atom is 0.225 e. The molecule has 2 amide bonds. The number of amides is 2. The van der Waals surface area contributed by atoms with E-state index in [2.05, 4.69) is 5.32 Å². The summed E-state index contributed by atoms with van der Waals surface area (Å²) in [6, 6.07) is 3.97. The van der Waals surface area contributed by atoms with Gasteiger partial charge in [-0.3, -0.25) is 9.59 Å². The van der Waals surface area contributed by atoms with Crippen molar-refractivity contribution >= 4 is 11.8 Å². The minimum absolute atomic E-state index is 0.0344. The van der Waals surface area contributed by atoms with E-state index >= 15 is 0 Å². The first-order valence-electron chi connectivity index (χ1n) is 7.33. The van der Waals surface area contributed by atoms with Crippen LogP contribution < -0.4 is 5.32 Å². The van der Waals surface area contributed by atoms with Crippen molar-refractivity contribution in [3.05, 3.63) is 24.2 Å². The van der Waals surface area contributed by atoms with Crippen LogP contribution in [0.25, 0.3) is 0 Å². The van der Waals surface area contributed by atoms with Gasteiger partial charge in [-0.1, -0.05) is 12.8 Å². The van der Waals surface area contributed by atoms with Crippen LogP contribution in [-0.2, 0) is 16.1 Å². The molecule has 1 aromatic heterocycles. The molecule has 1 aliphatic carbocycles. The number of hydrogen-bond donors (Lipinski definition) is 1. The summed E-state index contributed by atoms with van der Waals surface area (Å²) >= 11 is 0. The molecule has 2 fully saturated rings. The molecule has 1 aromatic rings. The second kappa shape index (κ2) is 5.69. The van der Waals surface area contributed by atoms with Crippen molar-refractivity contribution in [2.75, 3.05) is 6.54 Å². The molecule has 2 aliphatic rings. The topological polar surface area (TPSA) is 62.6 Å². The first kappa shape index (κ1) is 13.2. The average Bonchev–Trinajstić information content (AvgIpc) is 3.13. The highest BCUT2D eigenvalue weighted by atomic mass is 16.3. The SMILES string of the molecule is O=C(NC1CCCC1)[C@H]1CC(=O)N(Cc2ccco2)C1. The van der Waals surface area contributed by atoms with Crippen molar-refractivity contribution in [1.82, 2.24) is 10.2 Å². The van der Waals surface area contributed by atoms with Crippen molar-refractivity contribution in [3.63, 3.8) is 0 Å². The van der Waals surface area contributed by atoms with Crippen LogP contribution in [0.2, 0.25) is 0 Å². The molecular weight excluding hydrogens is 256 g/mol. The van der Waals surface area contributed by atoms with Crippen molar-refractivity contribution in [2.24, 2.45) is 5.92 Å². The lowest BCUT2D eigenvalue weighted by Crippen LogP contribution is -2.38. The quantitative estimate of drug-likeness (QED) is 0.910. The fraction of sp³-hybridized carbons (Fsp3) is 0.600. The van der Waals surface area contributed by atoms with Crippen LogP contribution in [0.4, 0.5) is 0 Å². The van der Waals surface area contributed by atoms with Gasteiger partial charge in [-0.25, -0.2) is 0 Å². The Morgan fingerprint density at radius 2 is 2.20 bits per heavy atom. The monoisotopic (exact) mass is 276 g/mol. The number of furan rings is 1. The van der Waals surface area contributed by atoms with Crippen LogP contribution in [0.1, 0.15) is 37.9 Å². The Kier molecular flexibility index (Phi) is 3.76. The molecule has 20 heavy (non-hydrogen) atoms. The highest BCUT2D eigenvalue weighted by Gasteiger charge is 2.35. The number of nitrogens with one attached hydrogen (secondary N) is 1. The van der Waals surface area contributed by atoms with Gasteiger partial charge in [0.25, 0.3) is 0 Å². The third-order valence-corrected chi connectivity index (χ3v) is 4.21. The van der Waals surface area contributed by atoms with Crippen molar-refractivity contribution < 1.29 is 14.0 Å². The average molecular weight is 276 g/mol. The first-order valence-corrected chi connectivity index (χ1v) is 7.33. The second-order valence-electron chi connectivity index (χ2n) is 5.74. The van der Waals surface area contributed by atoms with E-state index in [1.54, 1.807) is 17.2 Å². The van der Waals surface area contributed by atoms with Gasteiger partial charge in [-0.15, -0.1) is 0 Å². The summed E-state index contributed by atoms with van der Waals surface area (Å²) in [5, 5.41) is 3.08. The standard InChI is InChI=1S/C15H20N2O3/c18-14-8-11(15(19)16-12-4-1-2-5-12)9-17(14)10-13-6-3-7-20-13/h3,6-7,11-12H,1-2,4-5,8-10H2,(H,16,19)/t11-/m0/s1. The molecule has 1 aliphatic heterocycles. The van der Waals surface area contributed by atoms with E-state index in [-0.39, 0.29) is 17.7 Å². The van der Waals surface area contributed by atoms with E-state index in [0.717, 1.165) is 18.6 Å². The van der Waals surface area contributed by atoms with E-state index < -0.39 is 0 Å². The Morgan fingerprint density at radius 1 is 1.40 bits per heavy atom. The first-order chi connectivity index (χ1) is 9.72. The third kappa shape index (κ3) is 2.86. The van der Waals surface area contributed by atoms with E-state index in [4.69, 9.17) is 4.42 Å². The maximum atomic E-state index is 12.2. The number of carbonyl (C=O) groups is 2. The van der Waals surface area contributed by atoms with Crippen molar-refractivity contribution in [3.8, 4) is 0 Å². The fourth-order valence-corrected chi connectivity index (χ4v) is 3.08. The van der Waals surface area contributed by atoms with Crippen LogP contribution in [-0.4, -0.2) is 29.3 Å². The molecule has 1 atom stereocenters. The molecule has 1 saturated heterocycles. The molecule has 0 spiro atoms. The maximum absolute atomic E-state index is 12.2. The summed E-state index contributed by atoms with van der Waals surface area (Å²) in [6.45, 7) is 0.955. The van der Waals surface area contributed by atoms with Crippen LogP contribution in [0.5, 0.6) is 0 Å². The third-order valence-electron chi connectivity index (χ3n) is 4.21. The Hall–Kier alpha value is -1.78. The predicted octanol–water partition coefficient (Wildman–Crippen LogP) is 1.69. The van der Waals surface area contributed by atoms with Gasteiger partial charge in [0.1, 0.15) is 5.76 Å². The van der Waals surface area contributed by atoms with Gasteiger partial charge in [0.15, 0.2) is 0 Å². The number of hydrogen-bond acceptors (Lipinski definition) is 3. The number of nitrogens with zero attached hydrogens (tertiary/aromatic N) is 1. The highest BCUT2D eigenvalue weighted by molar-refractivity contribution is 5.89. The van der Waals surface area contributed by atoms with Crippen molar-refractivity contribution in [2.45, 2.75) is 44.7 Å². The summed E-state index contributed by atoms with van der Waals surface area (Å²) in [5.41, 5.74) is 0. The Labute approximate surface area is 118 Å². The summed E-state index contributed by atoms with van der Waals surface area (Å²) < 4.78 is 5.25. The fourth-order valence-electron chi connectivity index (χ4n) is 3.08. The van der Waals surface area contributed by atoms with Crippen LogP contribution in [0, 0.1) is 5.92 Å². The molecular formula is C15H20N2O3. The molecule has 0 radical (unpaired) electrons. The molecule has 2 heterocycles. The Balaban J connectivity index is 1.54. The molecule has 1 saturated carbocycles. The summed E-state index contributed by atoms with van der Waals surface area (Å²) in [4.78, 5) is 25.8. The smallest absolute Gasteiger partial charge is 0.225 e.